The van der Waals surface area contributed by atoms with Gasteiger partial charge in [0.15, 0.2) is 0 Å². The van der Waals surface area contributed by atoms with E-state index in [0.717, 1.165) is 11.1 Å². The number of halogens is 1. The minimum atomic E-state index is -0.433. The second-order valence-corrected chi connectivity index (χ2v) is 6.00. The summed E-state index contributed by atoms with van der Waals surface area (Å²) in [5, 5.41) is 3.17. The molecule has 3 rings (SSSR count). The normalized spacial score (nSPS) is 10.7. The van der Waals surface area contributed by atoms with E-state index in [1.54, 1.807) is 41.9 Å². The molecule has 0 saturated heterocycles. The number of fused-ring (bicyclic) bond motifs is 1. The zero-order valence-corrected chi connectivity index (χ0v) is 14.6. The average Bonchev–Trinajstić information content (AvgIpc) is 2.65. The van der Waals surface area contributed by atoms with E-state index in [2.05, 4.69) is 5.32 Å². The topological polar surface area (TPSA) is 60.3 Å². The molecular weight excluding hydrogens is 335 g/mol. The van der Waals surface area contributed by atoms with Gasteiger partial charge >= 0.3 is 0 Å². The molecule has 134 valence electrons. The van der Waals surface area contributed by atoms with E-state index in [1.807, 2.05) is 0 Å². The minimum Gasteiger partial charge on any atom is -0.497 e. The molecule has 0 aliphatic rings. The number of aromatic nitrogens is 1. The van der Waals surface area contributed by atoms with Crippen LogP contribution < -0.4 is 15.5 Å². The molecule has 0 spiro atoms. The molecule has 0 atom stereocenters. The number of pyridine rings is 1. The van der Waals surface area contributed by atoms with Crippen molar-refractivity contribution in [1.29, 1.82) is 0 Å². The SMILES string of the molecule is COc1ccc2c(c1)c(=O)c(C(=O)NCCc1ccc(F)cc1)cn2C. The van der Waals surface area contributed by atoms with Gasteiger partial charge in [-0.05, 0) is 42.3 Å². The van der Waals surface area contributed by atoms with Gasteiger partial charge in [0.05, 0.1) is 18.0 Å². The summed E-state index contributed by atoms with van der Waals surface area (Å²) < 4.78 is 19.8. The summed E-state index contributed by atoms with van der Waals surface area (Å²) in [6.45, 7) is 0.351. The van der Waals surface area contributed by atoms with Gasteiger partial charge in [0.1, 0.15) is 17.1 Å². The molecule has 0 radical (unpaired) electrons. The first-order valence-corrected chi connectivity index (χ1v) is 8.19. The molecule has 1 heterocycles. The lowest BCUT2D eigenvalue weighted by Gasteiger charge is -2.11. The predicted molar refractivity (Wildman–Crippen MR) is 98.2 cm³/mol. The van der Waals surface area contributed by atoms with Crippen LogP contribution in [0.5, 0.6) is 5.75 Å². The summed E-state index contributed by atoms with van der Waals surface area (Å²) in [7, 11) is 3.31. The average molecular weight is 354 g/mol. The highest BCUT2D eigenvalue weighted by atomic mass is 19.1. The van der Waals surface area contributed by atoms with Crippen LogP contribution >= 0.6 is 0 Å². The molecular formula is C20H19FN2O3. The van der Waals surface area contributed by atoms with Gasteiger partial charge in [0, 0.05) is 19.8 Å². The number of nitrogens with one attached hydrogen (secondary N) is 1. The van der Waals surface area contributed by atoms with Crippen molar-refractivity contribution < 1.29 is 13.9 Å². The fourth-order valence-corrected chi connectivity index (χ4v) is 2.83. The summed E-state index contributed by atoms with van der Waals surface area (Å²) in [6.07, 6.45) is 2.08. The molecule has 1 aromatic heterocycles. The van der Waals surface area contributed by atoms with Crippen LogP contribution in [-0.2, 0) is 13.5 Å². The molecule has 2 aromatic carbocycles. The second kappa shape index (κ2) is 7.39. The van der Waals surface area contributed by atoms with E-state index in [-0.39, 0.29) is 16.8 Å². The van der Waals surface area contributed by atoms with Gasteiger partial charge in [-0.2, -0.15) is 0 Å². The smallest absolute Gasteiger partial charge is 0.256 e. The predicted octanol–water partition coefficient (Wildman–Crippen LogP) is 2.66. The van der Waals surface area contributed by atoms with Crippen molar-refractivity contribution in [2.75, 3.05) is 13.7 Å². The number of nitrogens with zero attached hydrogens (tertiary/aromatic N) is 1. The van der Waals surface area contributed by atoms with Gasteiger partial charge < -0.3 is 14.6 Å². The van der Waals surface area contributed by atoms with Crippen LogP contribution in [0.4, 0.5) is 4.39 Å². The Morgan fingerprint density at radius 3 is 2.62 bits per heavy atom. The van der Waals surface area contributed by atoms with Crippen LogP contribution in [0, 0.1) is 5.82 Å². The molecule has 0 fully saturated rings. The standard InChI is InChI=1S/C20H19FN2O3/c1-23-12-17(19(24)16-11-15(26-2)7-8-18(16)23)20(25)22-10-9-13-3-5-14(21)6-4-13/h3-8,11-12H,9-10H2,1-2H3,(H,22,25). The molecule has 26 heavy (non-hydrogen) atoms. The first-order chi connectivity index (χ1) is 12.5. The number of aryl methyl sites for hydroxylation is 1. The fourth-order valence-electron chi connectivity index (χ4n) is 2.83. The number of carbonyl (C=O) groups excluding carboxylic acids is 1. The van der Waals surface area contributed by atoms with Crippen molar-refractivity contribution in [3.8, 4) is 5.75 Å². The molecule has 0 aliphatic carbocycles. The Morgan fingerprint density at radius 1 is 1.19 bits per heavy atom. The fraction of sp³-hybridized carbons (Fsp3) is 0.200. The molecule has 0 bridgehead atoms. The van der Waals surface area contributed by atoms with Crippen molar-refractivity contribution >= 4 is 16.8 Å². The van der Waals surface area contributed by atoms with Crippen LogP contribution in [0.3, 0.4) is 0 Å². The van der Waals surface area contributed by atoms with Gasteiger partial charge in [-0.25, -0.2) is 4.39 Å². The molecule has 5 nitrogen and oxygen atoms in total. The van der Waals surface area contributed by atoms with E-state index in [1.165, 1.54) is 25.4 Å². The number of amides is 1. The van der Waals surface area contributed by atoms with Crippen LogP contribution in [0.2, 0.25) is 0 Å². The number of rotatable bonds is 5. The van der Waals surface area contributed by atoms with E-state index >= 15 is 0 Å². The summed E-state index contributed by atoms with van der Waals surface area (Å²) >= 11 is 0. The van der Waals surface area contributed by atoms with Crippen molar-refractivity contribution in [3.63, 3.8) is 0 Å². The first kappa shape index (κ1) is 17.7. The number of ether oxygens (including phenoxy) is 1. The third kappa shape index (κ3) is 3.59. The van der Waals surface area contributed by atoms with Gasteiger partial charge in [-0.3, -0.25) is 9.59 Å². The van der Waals surface area contributed by atoms with Crippen LogP contribution in [0.25, 0.3) is 10.9 Å². The van der Waals surface area contributed by atoms with Gasteiger partial charge in [-0.1, -0.05) is 12.1 Å². The molecule has 3 aromatic rings. The summed E-state index contributed by atoms with van der Waals surface area (Å²) in [5.74, 6) is -0.172. The molecule has 0 unspecified atom stereocenters. The van der Waals surface area contributed by atoms with Gasteiger partial charge in [-0.15, -0.1) is 0 Å². The molecule has 0 aliphatic heterocycles. The van der Waals surface area contributed by atoms with Crippen molar-refractivity contribution in [1.82, 2.24) is 9.88 Å². The number of hydrogen-bond donors (Lipinski definition) is 1. The van der Waals surface area contributed by atoms with E-state index < -0.39 is 5.91 Å². The van der Waals surface area contributed by atoms with E-state index in [4.69, 9.17) is 4.74 Å². The second-order valence-electron chi connectivity index (χ2n) is 6.00. The van der Waals surface area contributed by atoms with Crippen molar-refractivity contribution in [2.45, 2.75) is 6.42 Å². The highest BCUT2D eigenvalue weighted by Crippen LogP contribution is 2.18. The third-order valence-electron chi connectivity index (χ3n) is 4.25. The summed E-state index contributed by atoms with van der Waals surface area (Å²) in [4.78, 5) is 25.1. The number of carbonyl (C=O) groups is 1. The Kier molecular flexibility index (Phi) is 5.02. The zero-order chi connectivity index (χ0) is 18.7. The number of hydrogen-bond acceptors (Lipinski definition) is 3. The largest absolute Gasteiger partial charge is 0.497 e. The third-order valence-corrected chi connectivity index (χ3v) is 4.25. The molecule has 1 N–H and O–H groups in total. The maximum atomic E-state index is 12.9. The Hall–Kier alpha value is -3.15. The first-order valence-electron chi connectivity index (χ1n) is 8.19. The lowest BCUT2D eigenvalue weighted by atomic mass is 10.1. The Morgan fingerprint density at radius 2 is 1.92 bits per heavy atom. The number of methoxy groups -OCH3 is 1. The minimum absolute atomic E-state index is 0.0763. The zero-order valence-electron chi connectivity index (χ0n) is 14.6. The molecule has 6 heteroatoms. The van der Waals surface area contributed by atoms with E-state index in [0.29, 0.717) is 24.1 Å². The van der Waals surface area contributed by atoms with Crippen molar-refractivity contribution in [2.24, 2.45) is 7.05 Å². The summed E-state index contributed by atoms with van der Waals surface area (Å²) in [6, 6.07) is 11.3. The van der Waals surface area contributed by atoms with Gasteiger partial charge in [0.25, 0.3) is 5.91 Å². The summed E-state index contributed by atoms with van der Waals surface area (Å²) in [5.41, 5.74) is 1.37. The maximum absolute atomic E-state index is 12.9. The van der Waals surface area contributed by atoms with Crippen LogP contribution in [0.15, 0.2) is 53.5 Å². The number of benzene rings is 2. The molecule has 0 saturated carbocycles. The highest BCUT2D eigenvalue weighted by molar-refractivity contribution is 5.97. The Bertz CT molecular complexity index is 1010. The van der Waals surface area contributed by atoms with Gasteiger partial charge in [0.2, 0.25) is 5.43 Å². The lowest BCUT2D eigenvalue weighted by Crippen LogP contribution is -2.31. The maximum Gasteiger partial charge on any atom is 0.256 e. The Labute approximate surface area is 150 Å². The van der Waals surface area contributed by atoms with Crippen LogP contribution in [0.1, 0.15) is 15.9 Å². The quantitative estimate of drug-likeness (QED) is 0.766. The monoisotopic (exact) mass is 354 g/mol. The Balaban J connectivity index is 1.80. The lowest BCUT2D eigenvalue weighted by molar-refractivity contribution is 0.0952. The van der Waals surface area contributed by atoms with E-state index in [9.17, 15) is 14.0 Å². The highest BCUT2D eigenvalue weighted by Gasteiger charge is 2.14. The molecule has 1 amide bonds. The van der Waals surface area contributed by atoms with Crippen LogP contribution in [-0.4, -0.2) is 24.1 Å². The van der Waals surface area contributed by atoms with Crippen molar-refractivity contribution in [3.05, 3.63) is 75.8 Å².